The molecule has 3 aromatic rings. The molecule has 4 rings (SSSR count). The van der Waals surface area contributed by atoms with Crippen LogP contribution in [0.15, 0.2) is 48.5 Å². The zero-order valence-electron chi connectivity index (χ0n) is 19.8. The van der Waals surface area contributed by atoms with Crippen molar-refractivity contribution in [1.82, 2.24) is 9.88 Å². The van der Waals surface area contributed by atoms with E-state index in [1.165, 1.54) is 0 Å². The molecule has 1 N–H and O–H groups in total. The number of benzene rings is 2. The van der Waals surface area contributed by atoms with Gasteiger partial charge in [0.2, 0.25) is 0 Å². The number of nitrogens with one attached hydrogen (secondary N) is 1. The summed E-state index contributed by atoms with van der Waals surface area (Å²) in [5.74, 6) is -0.756. The zero-order valence-corrected chi connectivity index (χ0v) is 19.8. The van der Waals surface area contributed by atoms with Gasteiger partial charge in [-0.3, -0.25) is 9.59 Å². The van der Waals surface area contributed by atoms with E-state index in [4.69, 9.17) is 9.47 Å². The highest BCUT2D eigenvalue weighted by Gasteiger charge is 2.37. The first kappa shape index (κ1) is 23.1. The van der Waals surface area contributed by atoms with E-state index in [0.717, 1.165) is 46.4 Å². The van der Waals surface area contributed by atoms with E-state index in [-0.39, 0.29) is 12.2 Å². The molecule has 6 nitrogen and oxygen atoms in total. The highest BCUT2D eigenvalue weighted by molar-refractivity contribution is 6.06. The quantitative estimate of drug-likeness (QED) is 0.478. The molecule has 1 unspecified atom stereocenters. The number of nitrogens with zero attached hydrogens (tertiary/aromatic N) is 1. The number of hydrogen-bond donors (Lipinski definition) is 1. The number of ketones is 1. The van der Waals surface area contributed by atoms with Crippen LogP contribution in [0.25, 0.3) is 10.9 Å². The van der Waals surface area contributed by atoms with E-state index in [9.17, 15) is 9.59 Å². The second-order valence-electron chi connectivity index (χ2n) is 9.50. The van der Waals surface area contributed by atoms with Gasteiger partial charge in [-0.25, -0.2) is 0 Å². The van der Waals surface area contributed by atoms with E-state index < -0.39 is 17.5 Å². The molecule has 1 atom stereocenters. The summed E-state index contributed by atoms with van der Waals surface area (Å²) < 4.78 is 13.2. The Hall–Kier alpha value is -3.12. The normalized spacial score (nSPS) is 17.1. The van der Waals surface area contributed by atoms with Crippen LogP contribution >= 0.6 is 0 Å². The van der Waals surface area contributed by atoms with Gasteiger partial charge >= 0.3 is 5.97 Å². The summed E-state index contributed by atoms with van der Waals surface area (Å²) in [7, 11) is 1.64. The number of carbonyl (C=O) groups excluding carboxylic acids is 2. The number of rotatable bonds is 4. The van der Waals surface area contributed by atoms with Crippen molar-refractivity contribution in [2.24, 2.45) is 0 Å². The van der Waals surface area contributed by atoms with E-state index in [1.807, 2.05) is 57.2 Å². The Morgan fingerprint density at radius 2 is 1.76 bits per heavy atom. The second kappa shape index (κ2) is 9.40. The Balaban J connectivity index is 1.91. The summed E-state index contributed by atoms with van der Waals surface area (Å²) in [4.78, 5) is 26.8. The van der Waals surface area contributed by atoms with E-state index in [2.05, 4.69) is 22.0 Å². The van der Waals surface area contributed by atoms with Crippen molar-refractivity contribution < 1.29 is 19.1 Å². The van der Waals surface area contributed by atoms with Gasteiger partial charge in [-0.1, -0.05) is 30.3 Å². The standard InChI is InChI=1S/C27H32N2O4/c1-27(2,3)33-26(31)24-23(30)14-16-28-15-13-21-20-7-5-6-8-22(20)29(25(21)24)17-18-9-11-19(32-4)12-10-18/h5-12,24,28H,13-17H2,1-4H3. The Bertz CT molecular complexity index is 1160. The van der Waals surface area contributed by atoms with Gasteiger partial charge in [-0.15, -0.1) is 0 Å². The number of carbonyl (C=O) groups is 2. The van der Waals surface area contributed by atoms with Crippen LogP contribution in [0.5, 0.6) is 5.75 Å². The molecule has 0 bridgehead atoms. The van der Waals surface area contributed by atoms with Crippen LogP contribution in [-0.2, 0) is 27.3 Å². The Kier molecular flexibility index (Phi) is 6.56. The lowest BCUT2D eigenvalue weighted by Crippen LogP contribution is -2.33. The van der Waals surface area contributed by atoms with Crippen LogP contribution in [0.3, 0.4) is 0 Å². The number of Topliss-reactive ketones (excluding diaryl/α,β-unsaturated/α-hetero) is 1. The number of methoxy groups -OCH3 is 1. The van der Waals surface area contributed by atoms with Crippen LogP contribution in [0.2, 0.25) is 0 Å². The third kappa shape index (κ3) is 4.96. The summed E-state index contributed by atoms with van der Waals surface area (Å²) in [5, 5.41) is 4.42. The van der Waals surface area contributed by atoms with Gasteiger partial charge in [-0.05, 0) is 63.1 Å². The fourth-order valence-corrected chi connectivity index (χ4v) is 4.52. The first-order chi connectivity index (χ1) is 15.8. The number of fused-ring (bicyclic) bond motifs is 3. The van der Waals surface area contributed by atoms with Gasteiger partial charge < -0.3 is 19.4 Å². The first-order valence-electron chi connectivity index (χ1n) is 11.5. The summed E-state index contributed by atoms with van der Waals surface area (Å²) >= 11 is 0. The summed E-state index contributed by atoms with van der Waals surface area (Å²) in [6.45, 7) is 7.34. The molecule has 2 heterocycles. The van der Waals surface area contributed by atoms with E-state index in [1.54, 1.807) is 7.11 Å². The van der Waals surface area contributed by atoms with E-state index >= 15 is 0 Å². The number of ether oxygens (including phenoxy) is 2. The molecule has 0 radical (unpaired) electrons. The number of hydrogen-bond acceptors (Lipinski definition) is 5. The molecule has 0 saturated heterocycles. The van der Waals surface area contributed by atoms with Gasteiger partial charge in [0.15, 0.2) is 11.7 Å². The van der Waals surface area contributed by atoms with Crippen molar-refractivity contribution in [3.8, 4) is 5.75 Å². The number of aromatic nitrogens is 1. The van der Waals surface area contributed by atoms with Crippen molar-refractivity contribution in [3.63, 3.8) is 0 Å². The van der Waals surface area contributed by atoms with Crippen molar-refractivity contribution in [3.05, 3.63) is 65.4 Å². The predicted molar refractivity (Wildman–Crippen MR) is 129 cm³/mol. The molecular weight excluding hydrogens is 416 g/mol. The maximum Gasteiger partial charge on any atom is 0.323 e. The maximum atomic E-state index is 13.4. The minimum atomic E-state index is -0.954. The minimum absolute atomic E-state index is 0.112. The fourth-order valence-electron chi connectivity index (χ4n) is 4.52. The molecule has 0 amide bonds. The number of para-hydroxylation sites is 1. The average molecular weight is 449 g/mol. The highest BCUT2D eigenvalue weighted by Crippen LogP contribution is 2.35. The molecule has 0 aliphatic carbocycles. The Labute approximate surface area is 194 Å². The van der Waals surface area contributed by atoms with Crippen LogP contribution in [0.1, 0.15) is 49.9 Å². The third-order valence-corrected chi connectivity index (χ3v) is 5.96. The van der Waals surface area contributed by atoms with Crippen molar-refractivity contribution in [2.45, 2.75) is 51.7 Å². The Morgan fingerprint density at radius 3 is 2.45 bits per heavy atom. The van der Waals surface area contributed by atoms with Crippen LogP contribution in [-0.4, -0.2) is 42.1 Å². The zero-order chi connectivity index (χ0) is 23.6. The monoisotopic (exact) mass is 448 g/mol. The maximum absolute atomic E-state index is 13.4. The van der Waals surface area contributed by atoms with Gasteiger partial charge in [0, 0.05) is 36.1 Å². The summed E-state index contributed by atoms with van der Waals surface area (Å²) in [6, 6.07) is 16.0. The van der Waals surface area contributed by atoms with Crippen LogP contribution in [0, 0.1) is 0 Å². The lowest BCUT2D eigenvalue weighted by Gasteiger charge is -2.25. The van der Waals surface area contributed by atoms with Crippen molar-refractivity contribution >= 4 is 22.7 Å². The molecule has 1 aliphatic heterocycles. The highest BCUT2D eigenvalue weighted by atomic mass is 16.6. The third-order valence-electron chi connectivity index (χ3n) is 5.96. The predicted octanol–water partition coefficient (Wildman–Crippen LogP) is 4.23. The molecule has 6 heteroatoms. The van der Waals surface area contributed by atoms with Crippen molar-refractivity contribution in [2.75, 3.05) is 20.2 Å². The average Bonchev–Trinajstić information content (AvgIpc) is 3.09. The van der Waals surface area contributed by atoms with Gasteiger partial charge in [0.05, 0.1) is 7.11 Å². The van der Waals surface area contributed by atoms with Crippen LogP contribution in [0.4, 0.5) is 0 Å². The van der Waals surface area contributed by atoms with Gasteiger partial charge in [0.25, 0.3) is 0 Å². The largest absolute Gasteiger partial charge is 0.497 e. The molecule has 1 aromatic heterocycles. The summed E-state index contributed by atoms with van der Waals surface area (Å²) in [6.07, 6.45) is 1.02. The molecule has 0 saturated carbocycles. The lowest BCUT2D eigenvalue weighted by atomic mass is 9.93. The Morgan fingerprint density at radius 1 is 1.06 bits per heavy atom. The molecule has 2 aromatic carbocycles. The molecule has 0 spiro atoms. The molecule has 1 aliphatic rings. The molecule has 33 heavy (non-hydrogen) atoms. The second-order valence-corrected chi connectivity index (χ2v) is 9.50. The van der Waals surface area contributed by atoms with Crippen molar-refractivity contribution in [1.29, 1.82) is 0 Å². The topological polar surface area (TPSA) is 69.6 Å². The molecule has 174 valence electrons. The smallest absolute Gasteiger partial charge is 0.323 e. The van der Waals surface area contributed by atoms with Gasteiger partial charge in [0.1, 0.15) is 11.4 Å². The van der Waals surface area contributed by atoms with E-state index in [0.29, 0.717) is 13.1 Å². The molecular formula is C27H32N2O4. The SMILES string of the molecule is COc1ccc(Cn2c3c(c4ccccc42)CCNCCC(=O)C3C(=O)OC(C)(C)C)cc1. The fraction of sp³-hybridized carbons (Fsp3) is 0.407. The first-order valence-corrected chi connectivity index (χ1v) is 11.5. The van der Waals surface area contributed by atoms with Crippen LogP contribution < -0.4 is 10.1 Å². The number of esters is 1. The molecule has 0 fully saturated rings. The lowest BCUT2D eigenvalue weighted by molar-refractivity contribution is -0.158. The minimum Gasteiger partial charge on any atom is -0.497 e. The summed E-state index contributed by atoms with van der Waals surface area (Å²) in [5.41, 5.74) is 3.20. The van der Waals surface area contributed by atoms with Gasteiger partial charge in [-0.2, -0.15) is 0 Å².